The molecule has 0 saturated carbocycles. The third-order valence-corrected chi connectivity index (χ3v) is 4.87. The van der Waals surface area contributed by atoms with Crippen molar-refractivity contribution >= 4 is 23.5 Å². The average molecular weight is 437 g/mol. The van der Waals surface area contributed by atoms with E-state index in [-0.39, 0.29) is 24.6 Å². The van der Waals surface area contributed by atoms with Crippen LogP contribution in [0.3, 0.4) is 0 Å². The van der Waals surface area contributed by atoms with Crippen LogP contribution in [0, 0.1) is 19.7 Å². The van der Waals surface area contributed by atoms with Crippen LogP contribution in [0.4, 0.5) is 10.1 Å². The second kappa shape index (κ2) is 9.91. The van der Waals surface area contributed by atoms with Crippen LogP contribution in [-0.4, -0.2) is 29.4 Å². The number of anilines is 1. The second-order valence-electron chi connectivity index (χ2n) is 7.19. The predicted molar refractivity (Wildman–Crippen MR) is 118 cm³/mol. The lowest BCUT2D eigenvalue weighted by atomic mass is 10.1. The van der Waals surface area contributed by atoms with E-state index in [9.17, 15) is 18.8 Å². The highest BCUT2D eigenvalue weighted by Crippen LogP contribution is 2.19. The minimum atomic E-state index is -0.491. The van der Waals surface area contributed by atoms with Crippen LogP contribution < -0.4 is 10.6 Å². The highest BCUT2D eigenvalue weighted by molar-refractivity contribution is 6.04. The molecule has 2 aromatic carbocycles. The van der Waals surface area contributed by atoms with E-state index in [2.05, 4.69) is 15.6 Å². The van der Waals surface area contributed by atoms with Crippen molar-refractivity contribution in [2.75, 3.05) is 11.9 Å². The summed E-state index contributed by atoms with van der Waals surface area (Å²) in [5.41, 5.74) is 3.21. The number of esters is 1. The number of halogens is 1. The summed E-state index contributed by atoms with van der Waals surface area (Å²) in [7, 11) is 0. The zero-order valence-electron chi connectivity index (χ0n) is 18.0. The Hall–Kier alpha value is -3.94. The molecule has 3 aromatic rings. The molecule has 0 spiro atoms. The Morgan fingerprint density at radius 2 is 1.78 bits per heavy atom. The number of aromatic amines is 1. The van der Waals surface area contributed by atoms with E-state index >= 15 is 0 Å². The number of carbonyl (C=O) groups is 3. The first kappa shape index (κ1) is 22.7. The molecule has 32 heavy (non-hydrogen) atoms. The second-order valence-corrected chi connectivity index (χ2v) is 7.19. The molecular weight excluding hydrogens is 413 g/mol. The molecule has 0 radical (unpaired) electrons. The van der Waals surface area contributed by atoms with Crippen LogP contribution in [-0.2, 0) is 11.3 Å². The molecule has 3 rings (SSSR count). The monoisotopic (exact) mass is 437 g/mol. The maximum absolute atomic E-state index is 13.3. The molecule has 2 amide bonds. The van der Waals surface area contributed by atoms with Gasteiger partial charge in [0.25, 0.3) is 11.8 Å². The Labute approximate surface area is 185 Å². The minimum absolute atomic E-state index is 0.203. The summed E-state index contributed by atoms with van der Waals surface area (Å²) in [5, 5.41) is 5.52. The normalized spacial score (nSPS) is 10.5. The molecule has 0 bridgehead atoms. The van der Waals surface area contributed by atoms with Crippen LogP contribution in [0.2, 0.25) is 0 Å². The van der Waals surface area contributed by atoms with E-state index in [4.69, 9.17) is 4.74 Å². The van der Waals surface area contributed by atoms with Crippen molar-refractivity contribution in [1.82, 2.24) is 10.3 Å². The summed E-state index contributed by atoms with van der Waals surface area (Å²) in [4.78, 5) is 40.0. The summed E-state index contributed by atoms with van der Waals surface area (Å²) in [6, 6.07) is 12.4. The van der Waals surface area contributed by atoms with Gasteiger partial charge in [0, 0.05) is 23.5 Å². The number of carbonyl (C=O) groups excluding carboxylic acids is 3. The van der Waals surface area contributed by atoms with Crippen molar-refractivity contribution in [1.29, 1.82) is 0 Å². The SMILES string of the molecule is CCOC(=O)c1c(C)[nH]c(C(=O)NCc2cccc(NC(=O)c3cccc(F)c3)c2)c1C. The van der Waals surface area contributed by atoms with Crippen LogP contribution in [0.5, 0.6) is 0 Å². The Bertz CT molecular complexity index is 1170. The first-order chi connectivity index (χ1) is 15.3. The molecule has 8 heteroatoms. The topological polar surface area (TPSA) is 100 Å². The zero-order valence-corrected chi connectivity index (χ0v) is 18.0. The number of ether oxygens (including phenoxy) is 1. The number of aryl methyl sites for hydroxylation is 1. The van der Waals surface area contributed by atoms with Gasteiger partial charge in [-0.15, -0.1) is 0 Å². The van der Waals surface area contributed by atoms with Gasteiger partial charge >= 0.3 is 5.97 Å². The van der Waals surface area contributed by atoms with E-state index in [1.165, 1.54) is 18.2 Å². The van der Waals surface area contributed by atoms with Crippen LogP contribution in [0.25, 0.3) is 0 Å². The van der Waals surface area contributed by atoms with Crippen LogP contribution in [0.15, 0.2) is 48.5 Å². The average Bonchev–Trinajstić information content (AvgIpc) is 3.06. The number of H-pyrrole nitrogens is 1. The maximum Gasteiger partial charge on any atom is 0.340 e. The van der Waals surface area contributed by atoms with Gasteiger partial charge in [0.15, 0.2) is 0 Å². The van der Waals surface area contributed by atoms with Gasteiger partial charge in [-0.1, -0.05) is 18.2 Å². The maximum atomic E-state index is 13.3. The molecule has 0 fully saturated rings. The van der Waals surface area contributed by atoms with E-state index in [0.29, 0.717) is 28.2 Å². The van der Waals surface area contributed by atoms with Crippen molar-refractivity contribution in [2.24, 2.45) is 0 Å². The smallest absolute Gasteiger partial charge is 0.340 e. The highest BCUT2D eigenvalue weighted by atomic mass is 19.1. The molecule has 0 aliphatic rings. The minimum Gasteiger partial charge on any atom is -0.462 e. The number of rotatable bonds is 7. The van der Waals surface area contributed by atoms with Crippen molar-refractivity contribution in [3.63, 3.8) is 0 Å². The predicted octanol–water partition coefficient (Wildman–Crippen LogP) is 4.13. The quantitative estimate of drug-likeness (QED) is 0.484. The van der Waals surface area contributed by atoms with Gasteiger partial charge < -0.3 is 20.4 Å². The van der Waals surface area contributed by atoms with Gasteiger partial charge in [-0.2, -0.15) is 0 Å². The van der Waals surface area contributed by atoms with Crippen LogP contribution in [0.1, 0.15) is 54.9 Å². The number of aromatic nitrogens is 1. The van der Waals surface area contributed by atoms with Crippen molar-refractivity contribution in [3.05, 3.63) is 88.0 Å². The van der Waals surface area contributed by atoms with Gasteiger partial charge in [0.1, 0.15) is 11.5 Å². The van der Waals surface area contributed by atoms with E-state index in [1.807, 2.05) is 0 Å². The fourth-order valence-corrected chi connectivity index (χ4v) is 3.35. The Balaban J connectivity index is 1.66. The summed E-state index contributed by atoms with van der Waals surface area (Å²) in [5.74, 6) is -1.76. The van der Waals surface area contributed by atoms with E-state index in [1.54, 1.807) is 45.0 Å². The first-order valence-electron chi connectivity index (χ1n) is 10.1. The summed E-state index contributed by atoms with van der Waals surface area (Å²) >= 11 is 0. The largest absolute Gasteiger partial charge is 0.462 e. The molecule has 0 atom stereocenters. The number of hydrogen-bond acceptors (Lipinski definition) is 4. The summed E-state index contributed by atoms with van der Waals surface area (Å²) in [6.45, 7) is 5.57. The Morgan fingerprint density at radius 1 is 1.03 bits per heavy atom. The van der Waals surface area contributed by atoms with Crippen molar-refractivity contribution in [3.8, 4) is 0 Å². The van der Waals surface area contributed by atoms with Gasteiger partial charge in [-0.25, -0.2) is 9.18 Å². The highest BCUT2D eigenvalue weighted by Gasteiger charge is 2.22. The fraction of sp³-hybridized carbons (Fsp3) is 0.208. The first-order valence-corrected chi connectivity index (χ1v) is 10.1. The standard InChI is InChI=1S/C24H24FN3O4/c1-4-32-24(31)20-14(2)21(27-15(20)3)23(30)26-13-16-7-5-10-19(11-16)28-22(29)17-8-6-9-18(25)12-17/h5-12,27H,4,13H2,1-3H3,(H,26,30)(H,28,29). The van der Waals surface area contributed by atoms with Gasteiger partial charge in [-0.3, -0.25) is 9.59 Å². The lowest BCUT2D eigenvalue weighted by molar-refractivity contribution is 0.0525. The van der Waals surface area contributed by atoms with E-state index < -0.39 is 17.7 Å². The Morgan fingerprint density at radius 3 is 2.50 bits per heavy atom. The molecule has 1 heterocycles. The molecular formula is C24H24FN3O4. The zero-order chi connectivity index (χ0) is 23.3. The molecule has 1 aromatic heterocycles. The third-order valence-electron chi connectivity index (χ3n) is 4.87. The number of amides is 2. The summed E-state index contributed by atoms with van der Waals surface area (Å²) < 4.78 is 18.4. The van der Waals surface area contributed by atoms with E-state index in [0.717, 1.165) is 11.6 Å². The van der Waals surface area contributed by atoms with Crippen molar-refractivity contribution in [2.45, 2.75) is 27.3 Å². The van der Waals surface area contributed by atoms with Crippen molar-refractivity contribution < 1.29 is 23.5 Å². The number of benzene rings is 2. The van der Waals surface area contributed by atoms with Gasteiger partial charge in [0.2, 0.25) is 0 Å². The molecule has 0 aliphatic carbocycles. The molecule has 0 saturated heterocycles. The summed E-state index contributed by atoms with van der Waals surface area (Å²) in [6.07, 6.45) is 0. The number of hydrogen-bond donors (Lipinski definition) is 3. The Kier molecular flexibility index (Phi) is 7.04. The third kappa shape index (κ3) is 5.21. The molecule has 0 unspecified atom stereocenters. The molecule has 166 valence electrons. The van der Waals surface area contributed by atoms with Gasteiger partial charge in [-0.05, 0) is 62.2 Å². The number of nitrogens with one attached hydrogen (secondary N) is 3. The fourth-order valence-electron chi connectivity index (χ4n) is 3.35. The molecule has 3 N–H and O–H groups in total. The van der Waals surface area contributed by atoms with Crippen LogP contribution >= 0.6 is 0 Å². The molecule has 7 nitrogen and oxygen atoms in total. The van der Waals surface area contributed by atoms with Gasteiger partial charge in [0.05, 0.1) is 12.2 Å². The molecule has 0 aliphatic heterocycles. The lowest BCUT2D eigenvalue weighted by Gasteiger charge is -2.09. The lowest BCUT2D eigenvalue weighted by Crippen LogP contribution is -2.24.